The number of imide groups is 1. The molecule has 6 nitrogen and oxygen atoms in total. The highest BCUT2D eigenvalue weighted by Crippen LogP contribution is 2.31. The normalized spacial score (nSPS) is 18.1. The Morgan fingerprint density at radius 1 is 1.15 bits per heavy atom. The van der Waals surface area contributed by atoms with Crippen molar-refractivity contribution in [1.29, 1.82) is 0 Å². The summed E-state index contributed by atoms with van der Waals surface area (Å²) in [6, 6.07) is 0. The van der Waals surface area contributed by atoms with Crippen LogP contribution in [-0.2, 0) is 23.9 Å². The van der Waals surface area contributed by atoms with Crippen LogP contribution in [0.5, 0.6) is 0 Å². The highest BCUT2D eigenvalue weighted by Gasteiger charge is 2.37. The smallest absolute Gasteiger partial charge is 0.306 e. The molecule has 0 bridgehead atoms. The molecule has 0 unspecified atom stereocenters. The Labute approximate surface area is 118 Å². The van der Waals surface area contributed by atoms with Crippen LogP contribution in [0.4, 0.5) is 0 Å². The quantitative estimate of drug-likeness (QED) is 0.538. The maximum atomic E-state index is 11.9. The fourth-order valence-electron chi connectivity index (χ4n) is 2.12. The predicted molar refractivity (Wildman–Crippen MR) is 70.6 cm³/mol. The lowest BCUT2D eigenvalue weighted by molar-refractivity contribution is -0.154. The lowest BCUT2D eigenvalue weighted by Gasteiger charge is -2.34. The highest BCUT2D eigenvalue weighted by molar-refractivity contribution is 6.02. The van der Waals surface area contributed by atoms with E-state index in [1.54, 1.807) is 6.92 Å². The largest absolute Gasteiger partial charge is 0.466 e. The average molecular weight is 283 g/mol. The van der Waals surface area contributed by atoms with Gasteiger partial charge in [-0.05, 0) is 12.3 Å². The molecule has 6 heteroatoms. The van der Waals surface area contributed by atoms with Crippen molar-refractivity contribution < 1.29 is 23.9 Å². The Hall–Kier alpha value is -1.72. The van der Waals surface area contributed by atoms with E-state index in [4.69, 9.17) is 4.74 Å². The molecule has 0 aromatic heterocycles. The summed E-state index contributed by atoms with van der Waals surface area (Å²) in [5.74, 6) is -1.40. The lowest BCUT2D eigenvalue weighted by atomic mass is 9.81. The van der Waals surface area contributed by atoms with Crippen LogP contribution in [0.25, 0.3) is 0 Å². The zero-order valence-electron chi connectivity index (χ0n) is 12.2. The number of hydrogen-bond donors (Lipinski definition) is 0. The van der Waals surface area contributed by atoms with E-state index in [-0.39, 0.29) is 61.8 Å². The van der Waals surface area contributed by atoms with E-state index in [0.717, 1.165) is 4.90 Å². The third-order valence-corrected chi connectivity index (χ3v) is 3.11. The van der Waals surface area contributed by atoms with Gasteiger partial charge >= 0.3 is 5.97 Å². The molecular formula is C14H21NO5. The third-order valence-electron chi connectivity index (χ3n) is 3.11. The second-order valence-corrected chi connectivity index (χ2v) is 5.74. The number of carbonyl (C=O) groups excluding carboxylic acids is 4. The molecule has 1 aliphatic rings. The van der Waals surface area contributed by atoms with Gasteiger partial charge in [0.1, 0.15) is 0 Å². The molecule has 0 aromatic rings. The second kappa shape index (κ2) is 6.63. The van der Waals surface area contributed by atoms with Crippen LogP contribution in [0, 0.1) is 5.41 Å². The minimum atomic E-state index is -0.446. The summed E-state index contributed by atoms with van der Waals surface area (Å²) >= 11 is 0. The number of ketones is 1. The van der Waals surface area contributed by atoms with Gasteiger partial charge in [-0.15, -0.1) is 0 Å². The van der Waals surface area contributed by atoms with Gasteiger partial charge in [0.15, 0.2) is 5.78 Å². The van der Waals surface area contributed by atoms with Crippen molar-refractivity contribution in [3.8, 4) is 0 Å². The number of piperidine rings is 1. The summed E-state index contributed by atoms with van der Waals surface area (Å²) in [6.45, 7) is 5.41. The van der Waals surface area contributed by atoms with Gasteiger partial charge in [-0.2, -0.15) is 0 Å². The standard InChI is InChI=1S/C14H21NO5/c1-4-20-13(19)6-5-10(16)9-15-11(17)7-14(2,3)8-12(15)18/h4-9H2,1-3H3. The lowest BCUT2D eigenvalue weighted by Crippen LogP contribution is -2.48. The predicted octanol–water partition coefficient (Wildman–Crippen LogP) is 1.07. The zero-order valence-corrected chi connectivity index (χ0v) is 12.2. The molecule has 20 heavy (non-hydrogen) atoms. The van der Waals surface area contributed by atoms with Crippen molar-refractivity contribution in [3.05, 3.63) is 0 Å². The van der Waals surface area contributed by atoms with Gasteiger partial charge in [-0.1, -0.05) is 13.8 Å². The summed E-state index contributed by atoms with van der Waals surface area (Å²) in [5.41, 5.74) is -0.349. The SMILES string of the molecule is CCOC(=O)CCC(=O)CN1C(=O)CC(C)(C)CC1=O. The minimum Gasteiger partial charge on any atom is -0.466 e. The summed E-state index contributed by atoms with van der Waals surface area (Å²) in [4.78, 5) is 47.6. The van der Waals surface area contributed by atoms with Crippen molar-refractivity contribution in [1.82, 2.24) is 4.90 Å². The fraction of sp³-hybridized carbons (Fsp3) is 0.714. The van der Waals surface area contributed by atoms with Gasteiger partial charge in [0, 0.05) is 19.3 Å². The van der Waals surface area contributed by atoms with Gasteiger partial charge in [0.25, 0.3) is 0 Å². The van der Waals surface area contributed by atoms with E-state index in [0.29, 0.717) is 0 Å². The molecule has 1 aliphatic heterocycles. The van der Waals surface area contributed by atoms with Crippen molar-refractivity contribution in [2.45, 2.75) is 46.5 Å². The molecule has 1 fully saturated rings. The number of carbonyl (C=O) groups is 4. The molecule has 0 radical (unpaired) electrons. The number of rotatable bonds is 6. The second-order valence-electron chi connectivity index (χ2n) is 5.74. The number of esters is 1. The number of likely N-dealkylation sites (tertiary alicyclic amines) is 1. The van der Waals surface area contributed by atoms with Crippen LogP contribution in [0.15, 0.2) is 0 Å². The number of nitrogens with zero attached hydrogens (tertiary/aromatic N) is 1. The van der Waals surface area contributed by atoms with Crippen molar-refractivity contribution in [2.24, 2.45) is 5.41 Å². The molecule has 0 saturated carbocycles. The number of hydrogen-bond acceptors (Lipinski definition) is 5. The van der Waals surface area contributed by atoms with Gasteiger partial charge in [0.05, 0.1) is 19.6 Å². The first-order chi connectivity index (χ1) is 9.25. The molecule has 0 aromatic carbocycles. The Balaban J connectivity index is 2.48. The van der Waals surface area contributed by atoms with Crippen LogP contribution < -0.4 is 0 Å². The third kappa shape index (κ3) is 4.75. The van der Waals surface area contributed by atoms with Crippen molar-refractivity contribution >= 4 is 23.6 Å². The van der Waals surface area contributed by atoms with E-state index in [9.17, 15) is 19.2 Å². The fourth-order valence-corrected chi connectivity index (χ4v) is 2.12. The van der Waals surface area contributed by atoms with Gasteiger partial charge in [0.2, 0.25) is 11.8 Å². The molecule has 1 saturated heterocycles. The summed E-state index contributed by atoms with van der Waals surface area (Å²) in [6.07, 6.45) is 0.474. The Bertz CT molecular complexity index is 407. The first kappa shape index (κ1) is 16.3. The van der Waals surface area contributed by atoms with E-state index >= 15 is 0 Å². The zero-order chi connectivity index (χ0) is 15.3. The molecule has 0 spiro atoms. The molecule has 2 amide bonds. The Morgan fingerprint density at radius 2 is 1.70 bits per heavy atom. The van der Waals surface area contributed by atoms with E-state index in [1.807, 2.05) is 13.8 Å². The molecule has 1 rings (SSSR count). The molecule has 112 valence electrons. The van der Waals surface area contributed by atoms with Crippen LogP contribution in [0.1, 0.15) is 46.5 Å². The number of ether oxygens (including phenoxy) is 1. The number of amides is 2. The number of Topliss-reactive ketones (excluding diaryl/α,β-unsaturated/α-hetero) is 1. The summed E-state index contributed by atoms with van der Waals surface area (Å²) < 4.78 is 4.71. The van der Waals surface area contributed by atoms with Crippen LogP contribution >= 0.6 is 0 Å². The molecule has 0 aliphatic carbocycles. The van der Waals surface area contributed by atoms with Crippen molar-refractivity contribution in [2.75, 3.05) is 13.2 Å². The van der Waals surface area contributed by atoms with E-state index in [2.05, 4.69) is 0 Å². The molecule has 0 atom stereocenters. The van der Waals surface area contributed by atoms with Crippen LogP contribution in [0.2, 0.25) is 0 Å². The van der Waals surface area contributed by atoms with Gasteiger partial charge in [-0.3, -0.25) is 24.1 Å². The first-order valence-corrected chi connectivity index (χ1v) is 6.75. The maximum absolute atomic E-state index is 11.9. The van der Waals surface area contributed by atoms with Gasteiger partial charge in [-0.25, -0.2) is 0 Å². The molecule has 0 N–H and O–H groups in total. The average Bonchev–Trinajstić information content (AvgIpc) is 2.30. The molecule has 1 heterocycles. The van der Waals surface area contributed by atoms with Gasteiger partial charge < -0.3 is 4.74 Å². The van der Waals surface area contributed by atoms with Crippen LogP contribution in [-0.4, -0.2) is 41.6 Å². The van der Waals surface area contributed by atoms with E-state index < -0.39 is 5.97 Å². The van der Waals surface area contributed by atoms with Crippen LogP contribution in [0.3, 0.4) is 0 Å². The summed E-state index contributed by atoms with van der Waals surface area (Å²) in [5, 5.41) is 0. The van der Waals surface area contributed by atoms with Crippen molar-refractivity contribution in [3.63, 3.8) is 0 Å². The highest BCUT2D eigenvalue weighted by atomic mass is 16.5. The monoisotopic (exact) mass is 283 g/mol. The maximum Gasteiger partial charge on any atom is 0.306 e. The topological polar surface area (TPSA) is 80.8 Å². The first-order valence-electron chi connectivity index (χ1n) is 6.75. The summed E-state index contributed by atoms with van der Waals surface area (Å²) in [7, 11) is 0. The van der Waals surface area contributed by atoms with E-state index in [1.165, 1.54) is 0 Å². The Kier molecular flexibility index (Phi) is 5.42. The molecular weight excluding hydrogens is 262 g/mol. The Morgan fingerprint density at radius 3 is 2.20 bits per heavy atom. The minimum absolute atomic E-state index is 0.0146.